The predicted octanol–water partition coefficient (Wildman–Crippen LogP) is 4.84. The van der Waals surface area contributed by atoms with Crippen LogP contribution in [0.4, 0.5) is 4.79 Å². The molecule has 0 spiro atoms. The Balaban J connectivity index is 1.58. The lowest BCUT2D eigenvalue weighted by Gasteiger charge is -2.40. The maximum absolute atomic E-state index is 12.7. The molecule has 1 aliphatic carbocycles. The fourth-order valence-corrected chi connectivity index (χ4v) is 5.62. The average Bonchev–Trinajstić information content (AvgIpc) is 3.26. The van der Waals surface area contributed by atoms with E-state index in [-0.39, 0.29) is 18.0 Å². The Morgan fingerprint density at radius 3 is 2.55 bits per heavy atom. The normalized spacial score (nSPS) is 18.2. The number of ether oxygens (including phenoxy) is 1. The van der Waals surface area contributed by atoms with Crippen LogP contribution >= 0.6 is 11.6 Å². The Hall–Kier alpha value is -3.69. The molecule has 2 unspecified atom stereocenters. The van der Waals surface area contributed by atoms with Crippen molar-refractivity contribution in [3.05, 3.63) is 82.2 Å². The third kappa shape index (κ3) is 5.76. The lowest BCUT2D eigenvalue weighted by Crippen LogP contribution is -2.51. The molecule has 10 heteroatoms. The van der Waals surface area contributed by atoms with Gasteiger partial charge in [-0.2, -0.15) is 0 Å². The first-order valence-corrected chi connectivity index (χ1v) is 13.8. The van der Waals surface area contributed by atoms with Gasteiger partial charge < -0.3 is 19.5 Å². The maximum atomic E-state index is 12.7. The number of pyridine rings is 1. The van der Waals surface area contributed by atoms with Gasteiger partial charge in [-0.3, -0.25) is 14.7 Å². The number of nitrogens with zero attached hydrogens (tertiary/aromatic N) is 5. The molecule has 2 aliphatic rings. The number of rotatable bonds is 4. The molecule has 0 radical (unpaired) electrons. The number of carbonyl (C=O) groups is 2. The van der Waals surface area contributed by atoms with Gasteiger partial charge in [0.1, 0.15) is 5.60 Å². The predicted molar refractivity (Wildman–Crippen MR) is 155 cm³/mol. The number of nitrogens with one attached hydrogen (secondary N) is 1. The topological polar surface area (TPSA) is 92.6 Å². The fourth-order valence-electron chi connectivity index (χ4n) is 5.45. The molecular formula is C30H35ClN6O3. The molecule has 2 amide bonds. The van der Waals surface area contributed by atoms with E-state index in [1.54, 1.807) is 17.4 Å². The highest BCUT2D eigenvalue weighted by Gasteiger charge is 2.36. The minimum atomic E-state index is -0.545. The van der Waals surface area contributed by atoms with Crippen molar-refractivity contribution < 1.29 is 14.3 Å². The summed E-state index contributed by atoms with van der Waals surface area (Å²) in [4.78, 5) is 38.5. The first kappa shape index (κ1) is 27.9. The molecule has 2 atom stereocenters. The zero-order valence-electron chi connectivity index (χ0n) is 23.5. The molecule has 9 nitrogen and oxygen atoms in total. The van der Waals surface area contributed by atoms with E-state index in [4.69, 9.17) is 21.3 Å². The van der Waals surface area contributed by atoms with Crippen molar-refractivity contribution in [2.24, 2.45) is 7.05 Å². The van der Waals surface area contributed by atoms with Crippen LogP contribution < -0.4 is 5.32 Å². The third-order valence-electron chi connectivity index (χ3n) is 7.20. The molecule has 5 rings (SSSR count). The van der Waals surface area contributed by atoms with Crippen LogP contribution in [0.3, 0.4) is 0 Å². The number of hydrogen-bond donors (Lipinski definition) is 1. The molecule has 1 N–H and O–H groups in total. The Morgan fingerprint density at radius 2 is 1.90 bits per heavy atom. The summed E-state index contributed by atoms with van der Waals surface area (Å²) in [6.45, 7) is 9.52. The van der Waals surface area contributed by atoms with Crippen molar-refractivity contribution in [3.8, 4) is 0 Å². The van der Waals surface area contributed by atoms with Crippen LogP contribution in [0, 0.1) is 0 Å². The lowest BCUT2D eigenvalue weighted by atomic mass is 9.89. The van der Waals surface area contributed by atoms with E-state index in [2.05, 4.69) is 21.3 Å². The summed E-state index contributed by atoms with van der Waals surface area (Å²) in [5.41, 5.74) is 5.06. The molecule has 40 heavy (non-hydrogen) atoms. The number of aryl methyl sites for hydroxylation is 1. The van der Waals surface area contributed by atoms with E-state index >= 15 is 0 Å². The van der Waals surface area contributed by atoms with E-state index in [1.807, 2.05) is 68.9 Å². The van der Waals surface area contributed by atoms with Gasteiger partial charge in [0.15, 0.2) is 0 Å². The Morgan fingerprint density at radius 1 is 1.15 bits per heavy atom. The number of carbonyl (C=O) groups excluding carboxylic acids is 2. The van der Waals surface area contributed by atoms with Crippen LogP contribution in [0.2, 0.25) is 5.02 Å². The van der Waals surface area contributed by atoms with Gasteiger partial charge in [0.25, 0.3) is 0 Å². The zero-order chi connectivity index (χ0) is 28.6. The molecule has 1 fully saturated rings. The van der Waals surface area contributed by atoms with Crippen LogP contribution in [-0.2, 0) is 16.6 Å². The molecular weight excluding hydrogens is 528 g/mol. The number of halogens is 1. The van der Waals surface area contributed by atoms with Gasteiger partial charge in [0.05, 0.1) is 36.0 Å². The monoisotopic (exact) mass is 562 g/mol. The Kier molecular flexibility index (Phi) is 7.70. The summed E-state index contributed by atoms with van der Waals surface area (Å²) in [6.07, 6.45) is 7.11. The van der Waals surface area contributed by atoms with Gasteiger partial charge in [-0.05, 0) is 67.3 Å². The number of hydrogen-bond acceptors (Lipinski definition) is 6. The standard InChI is InChI=1S/C30H35ClN6O3/c1-19(38)34-27(25-17-32-18-35(25)5)24-15-20-7-6-10-33-26(20)28(22-9-8-21(31)16-23(22)24)36-11-13-37(14-12-36)29(39)40-30(2,3)4/h6-10,15-18,27-28H,11-14H2,1-5H3,(H,34,38). The second-order valence-electron chi connectivity index (χ2n) is 11.3. The average molecular weight is 563 g/mol. The highest BCUT2D eigenvalue weighted by molar-refractivity contribution is 6.30. The molecule has 1 aliphatic heterocycles. The molecule has 1 aromatic carbocycles. The number of imidazole rings is 1. The molecule has 3 aromatic rings. The third-order valence-corrected chi connectivity index (χ3v) is 7.44. The smallest absolute Gasteiger partial charge is 0.410 e. The van der Waals surface area contributed by atoms with E-state index < -0.39 is 11.6 Å². The second-order valence-corrected chi connectivity index (χ2v) is 11.7. The molecule has 3 heterocycles. The first-order chi connectivity index (χ1) is 19.0. The summed E-state index contributed by atoms with van der Waals surface area (Å²) in [7, 11) is 1.91. The van der Waals surface area contributed by atoms with Crippen molar-refractivity contribution >= 4 is 35.3 Å². The van der Waals surface area contributed by atoms with Gasteiger partial charge in [0, 0.05) is 51.4 Å². The summed E-state index contributed by atoms with van der Waals surface area (Å²) >= 11 is 6.59. The van der Waals surface area contributed by atoms with E-state index in [9.17, 15) is 9.59 Å². The highest BCUT2D eigenvalue weighted by Crippen LogP contribution is 2.44. The van der Waals surface area contributed by atoms with Gasteiger partial charge in [0.2, 0.25) is 5.91 Å². The number of fused-ring (bicyclic) bond motifs is 2. The maximum Gasteiger partial charge on any atom is 0.410 e. The van der Waals surface area contributed by atoms with Crippen molar-refractivity contribution in [2.75, 3.05) is 26.2 Å². The van der Waals surface area contributed by atoms with Crippen molar-refractivity contribution in [1.82, 2.24) is 29.7 Å². The quantitative estimate of drug-likeness (QED) is 0.489. The van der Waals surface area contributed by atoms with Crippen molar-refractivity contribution in [1.29, 1.82) is 0 Å². The summed E-state index contributed by atoms with van der Waals surface area (Å²) in [6, 6.07) is 9.24. The minimum absolute atomic E-state index is 0.152. The zero-order valence-corrected chi connectivity index (χ0v) is 24.3. The summed E-state index contributed by atoms with van der Waals surface area (Å²) in [5.74, 6) is -0.152. The summed E-state index contributed by atoms with van der Waals surface area (Å²) < 4.78 is 7.52. The number of benzene rings is 1. The highest BCUT2D eigenvalue weighted by atomic mass is 35.5. The number of amides is 2. The van der Waals surface area contributed by atoms with Crippen LogP contribution in [0.25, 0.3) is 11.6 Å². The molecule has 0 bridgehead atoms. The van der Waals surface area contributed by atoms with Crippen LogP contribution in [0.15, 0.2) is 49.1 Å². The summed E-state index contributed by atoms with van der Waals surface area (Å²) in [5, 5.41) is 3.74. The number of aromatic nitrogens is 3. The SMILES string of the molecule is CC(=O)NC(C1=Cc2cccnc2C(N2CCN(C(=O)OC(C)(C)C)CC2)c2ccc(Cl)cc21)c1cncn1C. The van der Waals surface area contributed by atoms with E-state index in [0.717, 1.165) is 33.7 Å². The van der Waals surface area contributed by atoms with Gasteiger partial charge in [-0.25, -0.2) is 9.78 Å². The number of piperazine rings is 1. The van der Waals surface area contributed by atoms with Gasteiger partial charge in [-0.15, -0.1) is 0 Å². The Labute approximate surface area is 239 Å². The molecule has 210 valence electrons. The van der Waals surface area contributed by atoms with Crippen molar-refractivity contribution in [3.63, 3.8) is 0 Å². The van der Waals surface area contributed by atoms with E-state index in [1.165, 1.54) is 6.92 Å². The van der Waals surface area contributed by atoms with Crippen LogP contribution in [0.5, 0.6) is 0 Å². The molecule has 0 saturated carbocycles. The fraction of sp³-hybridized carbons (Fsp3) is 0.400. The van der Waals surface area contributed by atoms with Gasteiger partial charge in [-0.1, -0.05) is 23.7 Å². The molecule has 2 aromatic heterocycles. The second kappa shape index (κ2) is 11.1. The minimum Gasteiger partial charge on any atom is -0.444 e. The van der Waals surface area contributed by atoms with Crippen LogP contribution in [0.1, 0.15) is 67.9 Å². The lowest BCUT2D eigenvalue weighted by molar-refractivity contribution is -0.119. The largest absolute Gasteiger partial charge is 0.444 e. The first-order valence-electron chi connectivity index (χ1n) is 13.4. The van der Waals surface area contributed by atoms with Crippen LogP contribution in [-0.4, -0.2) is 68.1 Å². The van der Waals surface area contributed by atoms with E-state index in [0.29, 0.717) is 31.2 Å². The van der Waals surface area contributed by atoms with Crippen molar-refractivity contribution in [2.45, 2.75) is 45.4 Å². The van der Waals surface area contributed by atoms with Gasteiger partial charge >= 0.3 is 6.09 Å². The Bertz CT molecular complexity index is 1450. The molecule has 1 saturated heterocycles.